The highest BCUT2D eigenvalue weighted by atomic mass is 32.1. The van der Waals surface area contributed by atoms with Gasteiger partial charge in [-0.2, -0.15) is 0 Å². The number of amides is 1. The Kier molecular flexibility index (Phi) is 7.03. The fourth-order valence-corrected chi connectivity index (χ4v) is 3.60. The molecule has 0 saturated heterocycles. The van der Waals surface area contributed by atoms with Gasteiger partial charge in [0.1, 0.15) is 11.6 Å². The van der Waals surface area contributed by atoms with Crippen molar-refractivity contribution >= 4 is 23.2 Å². The Balaban J connectivity index is 1.78. The lowest BCUT2D eigenvalue weighted by atomic mass is 10.1. The van der Waals surface area contributed by atoms with Crippen LogP contribution in [0.15, 0.2) is 47.8 Å². The van der Waals surface area contributed by atoms with Crippen LogP contribution in [0.3, 0.4) is 0 Å². The Morgan fingerprint density at radius 2 is 1.67 bits per heavy atom. The van der Waals surface area contributed by atoms with Gasteiger partial charge in [-0.05, 0) is 44.2 Å². The minimum absolute atomic E-state index is 0.392. The second-order valence-corrected chi connectivity index (χ2v) is 7.08. The van der Waals surface area contributed by atoms with Crippen LogP contribution < -0.4 is 14.8 Å². The van der Waals surface area contributed by atoms with E-state index in [0.717, 1.165) is 21.8 Å². The summed E-state index contributed by atoms with van der Waals surface area (Å²) in [5.74, 6) is -0.125. The number of carbonyl (C=O) groups is 2. The number of nitrogens with one attached hydrogen (secondary N) is 1. The van der Waals surface area contributed by atoms with Crippen molar-refractivity contribution in [3.63, 3.8) is 0 Å². The monoisotopic (exact) mass is 426 g/mol. The van der Waals surface area contributed by atoms with Gasteiger partial charge in [-0.3, -0.25) is 9.59 Å². The van der Waals surface area contributed by atoms with Crippen molar-refractivity contribution in [3.05, 3.63) is 53.4 Å². The van der Waals surface area contributed by atoms with E-state index in [0.29, 0.717) is 30.3 Å². The molecule has 1 heterocycles. The van der Waals surface area contributed by atoms with Crippen molar-refractivity contribution in [2.45, 2.75) is 13.8 Å². The predicted octanol–water partition coefficient (Wildman–Crippen LogP) is 4.09. The van der Waals surface area contributed by atoms with Gasteiger partial charge in [0, 0.05) is 22.1 Å². The van der Waals surface area contributed by atoms with E-state index in [1.54, 1.807) is 24.3 Å². The summed E-state index contributed by atoms with van der Waals surface area (Å²) in [5, 5.41) is 13.8. The average Bonchev–Trinajstić information content (AvgIpc) is 3.24. The van der Waals surface area contributed by atoms with Gasteiger partial charge in [-0.1, -0.05) is 12.1 Å². The molecule has 30 heavy (non-hydrogen) atoms. The first-order chi connectivity index (χ1) is 14.5. The molecule has 2 N–H and O–H groups in total. The van der Waals surface area contributed by atoms with Crippen molar-refractivity contribution in [2.24, 2.45) is 0 Å². The van der Waals surface area contributed by atoms with Crippen LogP contribution in [-0.4, -0.2) is 41.7 Å². The van der Waals surface area contributed by atoms with E-state index < -0.39 is 18.4 Å². The summed E-state index contributed by atoms with van der Waals surface area (Å²) in [4.78, 5) is 27.2. The maximum atomic E-state index is 11.9. The minimum Gasteiger partial charge on any atom is -0.490 e. The first kappa shape index (κ1) is 21.3. The van der Waals surface area contributed by atoms with Gasteiger partial charge in [-0.25, -0.2) is 4.98 Å². The topological polar surface area (TPSA) is 97.8 Å². The number of aliphatic carboxylic acids is 1. The number of carbonyl (C=O) groups excluding carboxylic acids is 1. The molecule has 0 bridgehead atoms. The molecule has 156 valence electrons. The number of nitrogens with zero attached hydrogens (tertiary/aromatic N) is 1. The third kappa shape index (κ3) is 5.15. The number of benzene rings is 2. The van der Waals surface area contributed by atoms with Crippen molar-refractivity contribution in [1.29, 1.82) is 0 Å². The quantitative estimate of drug-likeness (QED) is 0.535. The Labute approximate surface area is 178 Å². The third-order valence-corrected chi connectivity index (χ3v) is 5.03. The summed E-state index contributed by atoms with van der Waals surface area (Å²) < 4.78 is 11.3. The number of hydrogen-bond acceptors (Lipinski definition) is 6. The highest BCUT2D eigenvalue weighted by Crippen LogP contribution is 2.35. The van der Waals surface area contributed by atoms with Crippen LogP contribution in [0.1, 0.15) is 24.2 Å². The zero-order chi connectivity index (χ0) is 21.5. The molecule has 0 unspecified atom stereocenters. The summed E-state index contributed by atoms with van der Waals surface area (Å²) in [6.45, 7) is 4.54. The summed E-state index contributed by atoms with van der Waals surface area (Å²) in [6.07, 6.45) is 0. The maximum absolute atomic E-state index is 11.9. The zero-order valence-electron chi connectivity index (χ0n) is 16.7. The summed E-state index contributed by atoms with van der Waals surface area (Å²) in [5.41, 5.74) is 2.98. The van der Waals surface area contributed by atoms with Gasteiger partial charge in [-0.15, -0.1) is 11.3 Å². The van der Waals surface area contributed by atoms with E-state index >= 15 is 0 Å². The van der Waals surface area contributed by atoms with E-state index in [1.165, 1.54) is 11.3 Å². The predicted molar refractivity (Wildman–Crippen MR) is 115 cm³/mol. The Bertz CT molecular complexity index is 1030. The number of hydrogen-bond donors (Lipinski definition) is 2. The Morgan fingerprint density at radius 3 is 2.33 bits per heavy atom. The molecule has 0 aliphatic rings. The molecule has 3 rings (SSSR count). The highest BCUT2D eigenvalue weighted by molar-refractivity contribution is 7.13. The average molecular weight is 426 g/mol. The summed E-state index contributed by atoms with van der Waals surface area (Å²) >= 11 is 1.51. The molecule has 2 aromatic carbocycles. The van der Waals surface area contributed by atoms with Gasteiger partial charge in [0.05, 0.1) is 18.9 Å². The van der Waals surface area contributed by atoms with E-state index in [-0.39, 0.29) is 0 Å². The molecule has 3 aromatic rings. The highest BCUT2D eigenvalue weighted by Gasteiger charge is 2.12. The lowest BCUT2D eigenvalue weighted by molar-refractivity contribution is -0.135. The van der Waals surface area contributed by atoms with Gasteiger partial charge in [0.15, 0.2) is 11.5 Å². The molecule has 0 spiro atoms. The zero-order valence-corrected chi connectivity index (χ0v) is 17.5. The van der Waals surface area contributed by atoms with Crippen LogP contribution in [0.5, 0.6) is 11.5 Å². The van der Waals surface area contributed by atoms with Crippen molar-refractivity contribution < 1.29 is 24.2 Å². The Morgan fingerprint density at radius 1 is 1.00 bits per heavy atom. The first-order valence-electron chi connectivity index (χ1n) is 9.47. The Hall–Kier alpha value is -3.39. The smallest absolute Gasteiger partial charge is 0.322 e. The van der Waals surface area contributed by atoms with E-state index in [9.17, 15) is 9.59 Å². The molecular weight excluding hydrogens is 404 g/mol. The second kappa shape index (κ2) is 9.89. The number of ether oxygens (including phenoxy) is 2. The standard InChI is InChI=1S/C22H22N2O5S/c1-3-28-18-10-9-16(11-19(18)29-4-2)22-24-17(13-30-22)14-5-7-15(8-6-14)21(27)23-12-20(25)26/h5-11,13H,3-4,12H2,1-2H3,(H,23,27)(H,25,26). The van der Waals surface area contributed by atoms with Crippen LogP contribution in [0.4, 0.5) is 0 Å². The molecule has 0 saturated carbocycles. The molecule has 0 aliphatic heterocycles. The molecule has 0 fully saturated rings. The van der Waals surface area contributed by atoms with E-state index in [2.05, 4.69) is 5.32 Å². The van der Waals surface area contributed by atoms with Crippen LogP contribution >= 0.6 is 11.3 Å². The van der Waals surface area contributed by atoms with Gasteiger partial charge in [0.2, 0.25) is 0 Å². The molecule has 8 heteroatoms. The third-order valence-electron chi connectivity index (χ3n) is 4.14. The van der Waals surface area contributed by atoms with Crippen molar-refractivity contribution in [3.8, 4) is 33.3 Å². The fourth-order valence-electron chi connectivity index (χ4n) is 2.77. The molecular formula is C22H22N2O5S. The molecule has 1 aromatic heterocycles. The van der Waals surface area contributed by atoms with Gasteiger partial charge >= 0.3 is 5.97 Å². The molecule has 0 aliphatic carbocycles. The maximum Gasteiger partial charge on any atom is 0.322 e. The largest absolute Gasteiger partial charge is 0.490 e. The molecule has 1 amide bonds. The van der Waals surface area contributed by atoms with Gasteiger partial charge in [0.25, 0.3) is 5.91 Å². The van der Waals surface area contributed by atoms with Crippen LogP contribution in [0, 0.1) is 0 Å². The lowest BCUT2D eigenvalue weighted by Crippen LogP contribution is -2.29. The molecule has 7 nitrogen and oxygen atoms in total. The van der Waals surface area contributed by atoms with E-state index in [1.807, 2.05) is 37.4 Å². The minimum atomic E-state index is -1.09. The van der Waals surface area contributed by atoms with E-state index in [4.69, 9.17) is 19.6 Å². The molecule has 0 atom stereocenters. The number of thiazole rings is 1. The fraction of sp³-hybridized carbons (Fsp3) is 0.227. The second-order valence-electron chi connectivity index (χ2n) is 6.22. The first-order valence-corrected chi connectivity index (χ1v) is 10.4. The summed E-state index contributed by atoms with van der Waals surface area (Å²) in [7, 11) is 0. The van der Waals surface area contributed by atoms with Crippen LogP contribution in [0.25, 0.3) is 21.8 Å². The van der Waals surface area contributed by atoms with Crippen LogP contribution in [0.2, 0.25) is 0 Å². The van der Waals surface area contributed by atoms with Crippen molar-refractivity contribution in [1.82, 2.24) is 10.3 Å². The molecule has 0 radical (unpaired) electrons. The number of carboxylic acids is 1. The number of carboxylic acid groups (broad SMARTS) is 1. The normalized spacial score (nSPS) is 10.5. The van der Waals surface area contributed by atoms with Gasteiger partial charge < -0.3 is 19.9 Å². The number of aromatic nitrogens is 1. The number of rotatable bonds is 9. The SMILES string of the molecule is CCOc1ccc(-c2nc(-c3ccc(C(=O)NCC(=O)O)cc3)cs2)cc1OCC. The summed E-state index contributed by atoms with van der Waals surface area (Å²) in [6, 6.07) is 12.6. The van der Waals surface area contributed by atoms with Crippen LogP contribution in [-0.2, 0) is 4.79 Å². The lowest BCUT2D eigenvalue weighted by Gasteiger charge is -2.11. The van der Waals surface area contributed by atoms with Crippen molar-refractivity contribution in [2.75, 3.05) is 19.8 Å².